The highest BCUT2D eigenvalue weighted by molar-refractivity contribution is 6.06. The number of unbranched alkanes of at least 4 members (excludes halogenated alkanes) is 3. The minimum Gasteiger partial charge on any atom is -0.494 e. The van der Waals surface area contributed by atoms with Crippen molar-refractivity contribution >= 4 is 35.7 Å². The van der Waals surface area contributed by atoms with Crippen LogP contribution < -0.4 is 9.47 Å². The number of cyclic esters (lactones) is 4. The monoisotopic (exact) mass is 744 g/mol. The number of benzene rings is 4. The molecule has 0 bridgehead atoms. The standard InChI is InChI=1S/C44H40O11/c45-38(28-8-4-3-5-9-28)21-12-27-10-13-29(14-11-27)41(55-50)30-15-17-31(18-16-30)51-22-6-1-2-7-23-52-32-19-20-33-34(36-26-39(46)53-42(36)47)25-37-40(35(33)24-32)44(49)54-43(37)48/h3-5,8-21,24,34,36-37,40-41,50H,1-2,6-7,22-23,25-26H2/b21-12+. The zero-order valence-corrected chi connectivity index (χ0v) is 30.0. The Morgan fingerprint density at radius 3 is 1.98 bits per heavy atom. The van der Waals surface area contributed by atoms with Gasteiger partial charge in [0.05, 0.1) is 37.4 Å². The number of carbonyl (C=O) groups excluding carboxylic acids is 5. The lowest BCUT2D eigenvalue weighted by atomic mass is 9.67. The van der Waals surface area contributed by atoms with Crippen LogP contribution in [0.5, 0.6) is 11.5 Å². The molecule has 282 valence electrons. The Morgan fingerprint density at radius 2 is 1.33 bits per heavy atom. The van der Waals surface area contributed by atoms with Gasteiger partial charge in [-0.05, 0) is 96.2 Å². The first-order valence-electron chi connectivity index (χ1n) is 18.5. The number of hydrogen-bond acceptors (Lipinski definition) is 11. The third kappa shape index (κ3) is 8.58. The van der Waals surface area contributed by atoms with Gasteiger partial charge >= 0.3 is 23.9 Å². The molecule has 0 saturated carbocycles. The number of fused-ring (bicyclic) bond motifs is 3. The molecule has 2 heterocycles. The summed E-state index contributed by atoms with van der Waals surface area (Å²) in [7, 11) is 0. The van der Waals surface area contributed by atoms with Gasteiger partial charge < -0.3 is 18.9 Å². The highest BCUT2D eigenvalue weighted by atomic mass is 17.1. The van der Waals surface area contributed by atoms with Crippen LogP contribution in [0.15, 0.2) is 103 Å². The van der Waals surface area contributed by atoms with E-state index >= 15 is 0 Å². The molecule has 5 unspecified atom stereocenters. The first-order chi connectivity index (χ1) is 26.8. The molecule has 11 heteroatoms. The van der Waals surface area contributed by atoms with E-state index in [1.807, 2.05) is 72.8 Å². The molecular weight excluding hydrogens is 704 g/mol. The summed E-state index contributed by atoms with van der Waals surface area (Å²) in [5.74, 6) is -3.85. The van der Waals surface area contributed by atoms with Gasteiger partial charge in [-0.3, -0.25) is 29.2 Å². The predicted octanol–water partition coefficient (Wildman–Crippen LogP) is 7.54. The third-order valence-electron chi connectivity index (χ3n) is 10.4. The van der Waals surface area contributed by atoms with E-state index in [9.17, 15) is 29.2 Å². The summed E-state index contributed by atoms with van der Waals surface area (Å²) in [5.41, 5.74) is 4.31. The molecule has 0 spiro atoms. The SMILES string of the molecule is O=C1CC(C2CC3C(=O)OC(=O)C3c3cc(OCCCCCCOc4ccc(C(OO)c5ccc(/C=C/C(=O)c6ccccc6)cc5)cc4)ccc32)C(=O)O1. The number of esters is 4. The van der Waals surface area contributed by atoms with Crippen molar-refractivity contribution < 1.29 is 53.1 Å². The van der Waals surface area contributed by atoms with Crippen LogP contribution in [-0.2, 0) is 33.5 Å². The Morgan fingerprint density at radius 1 is 0.691 bits per heavy atom. The van der Waals surface area contributed by atoms with E-state index < -0.39 is 53.7 Å². The average molecular weight is 745 g/mol. The van der Waals surface area contributed by atoms with Gasteiger partial charge in [0, 0.05) is 5.56 Å². The number of rotatable bonds is 16. The predicted molar refractivity (Wildman–Crippen MR) is 198 cm³/mol. The molecule has 1 aliphatic carbocycles. The van der Waals surface area contributed by atoms with Crippen molar-refractivity contribution in [2.45, 2.75) is 56.5 Å². The van der Waals surface area contributed by atoms with Crippen LogP contribution in [0.1, 0.15) is 94.6 Å². The third-order valence-corrected chi connectivity index (χ3v) is 10.4. The highest BCUT2D eigenvalue weighted by Gasteiger charge is 2.53. The summed E-state index contributed by atoms with van der Waals surface area (Å²) in [6.45, 7) is 0.984. The second-order valence-electron chi connectivity index (χ2n) is 14.0. The lowest BCUT2D eigenvalue weighted by Crippen LogP contribution is -2.31. The highest BCUT2D eigenvalue weighted by Crippen LogP contribution is 2.51. The Labute approximate surface area is 317 Å². The van der Waals surface area contributed by atoms with Crippen molar-refractivity contribution in [3.05, 3.63) is 137 Å². The van der Waals surface area contributed by atoms with Crippen molar-refractivity contribution in [2.24, 2.45) is 11.8 Å². The number of carbonyl (C=O) groups is 5. The van der Waals surface area contributed by atoms with Gasteiger partial charge in [-0.25, -0.2) is 4.89 Å². The molecule has 55 heavy (non-hydrogen) atoms. The number of hydrogen-bond donors (Lipinski definition) is 1. The minimum absolute atomic E-state index is 0.0587. The van der Waals surface area contributed by atoms with Gasteiger partial charge in [-0.1, -0.05) is 78.9 Å². The van der Waals surface area contributed by atoms with E-state index in [0.29, 0.717) is 35.8 Å². The molecule has 4 aromatic carbocycles. The van der Waals surface area contributed by atoms with Gasteiger partial charge in [0.1, 0.15) is 17.6 Å². The van der Waals surface area contributed by atoms with E-state index in [1.54, 1.807) is 30.3 Å². The molecule has 1 N–H and O–H groups in total. The summed E-state index contributed by atoms with van der Waals surface area (Å²) in [6.07, 6.45) is 6.24. The van der Waals surface area contributed by atoms with E-state index in [-0.39, 0.29) is 18.6 Å². The van der Waals surface area contributed by atoms with Crippen molar-refractivity contribution in [3.63, 3.8) is 0 Å². The fourth-order valence-electron chi connectivity index (χ4n) is 7.59. The number of allylic oxidation sites excluding steroid dienone is 1. The summed E-state index contributed by atoms with van der Waals surface area (Å²) in [6, 6.07) is 29.2. The molecule has 0 amide bonds. The Bertz CT molecular complexity index is 2070. The second-order valence-corrected chi connectivity index (χ2v) is 14.0. The summed E-state index contributed by atoms with van der Waals surface area (Å²) < 4.78 is 21.7. The molecule has 4 aromatic rings. The van der Waals surface area contributed by atoms with Gasteiger partial charge in [0.15, 0.2) is 5.78 Å². The van der Waals surface area contributed by atoms with Crippen molar-refractivity contribution in [1.82, 2.24) is 0 Å². The van der Waals surface area contributed by atoms with Crippen molar-refractivity contribution in [2.75, 3.05) is 13.2 Å². The van der Waals surface area contributed by atoms with E-state index in [0.717, 1.165) is 47.9 Å². The lowest BCUT2D eigenvalue weighted by Gasteiger charge is -2.33. The molecule has 2 aliphatic heterocycles. The smallest absolute Gasteiger partial charge is 0.321 e. The quantitative estimate of drug-likeness (QED) is 0.0230. The fourth-order valence-corrected chi connectivity index (χ4v) is 7.59. The maximum Gasteiger partial charge on any atom is 0.321 e. The zero-order chi connectivity index (χ0) is 38.3. The summed E-state index contributed by atoms with van der Waals surface area (Å²) in [4.78, 5) is 66.6. The van der Waals surface area contributed by atoms with Crippen LogP contribution in [0.4, 0.5) is 0 Å². The van der Waals surface area contributed by atoms with Crippen LogP contribution in [0.25, 0.3) is 6.08 Å². The normalized spacial score (nSPS) is 20.8. The van der Waals surface area contributed by atoms with E-state index in [1.165, 1.54) is 6.08 Å². The maximum absolute atomic E-state index is 12.6. The molecular formula is C44H40O11. The molecule has 0 aromatic heterocycles. The molecule has 0 radical (unpaired) electrons. The Hall–Kier alpha value is -5.91. The van der Waals surface area contributed by atoms with Gasteiger partial charge in [0.25, 0.3) is 0 Å². The minimum atomic E-state index is -0.762. The molecule has 7 rings (SSSR count). The maximum atomic E-state index is 12.6. The lowest BCUT2D eigenvalue weighted by molar-refractivity contribution is -0.270. The Kier molecular flexibility index (Phi) is 11.6. The first kappa shape index (κ1) is 37.4. The molecule has 5 atom stereocenters. The molecule has 2 fully saturated rings. The van der Waals surface area contributed by atoms with Crippen LogP contribution in [0.2, 0.25) is 0 Å². The molecule has 3 aliphatic rings. The number of ketones is 1. The van der Waals surface area contributed by atoms with Crippen LogP contribution >= 0.6 is 0 Å². The largest absolute Gasteiger partial charge is 0.494 e. The zero-order valence-electron chi connectivity index (χ0n) is 30.0. The molecule has 2 saturated heterocycles. The average Bonchev–Trinajstić information content (AvgIpc) is 3.70. The van der Waals surface area contributed by atoms with Crippen LogP contribution in [0, 0.1) is 11.8 Å². The number of ether oxygens (including phenoxy) is 4. The Balaban J connectivity index is 0.841. The summed E-state index contributed by atoms with van der Waals surface area (Å²) in [5, 5.41) is 9.71. The van der Waals surface area contributed by atoms with Crippen molar-refractivity contribution in [1.29, 1.82) is 0 Å². The van der Waals surface area contributed by atoms with E-state index in [2.05, 4.69) is 0 Å². The fraction of sp³-hybridized carbons (Fsp3) is 0.295. The van der Waals surface area contributed by atoms with Gasteiger partial charge in [-0.15, -0.1) is 0 Å². The van der Waals surface area contributed by atoms with Crippen LogP contribution in [-0.4, -0.2) is 48.1 Å². The topological polar surface area (TPSA) is 152 Å². The first-order valence-corrected chi connectivity index (χ1v) is 18.5. The van der Waals surface area contributed by atoms with Gasteiger partial charge in [-0.2, -0.15) is 0 Å². The van der Waals surface area contributed by atoms with E-state index in [4.69, 9.17) is 23.8 Å². The summed E-state index contributed by atoms with van der Waals surface area (Å²) >= 11 is 0. The van der Waals surface area contributed by atoms with Gasteiger partial charge in [0.2, 0.25) is 0 Å². The van der Waals surface area contributed by atoms with Crippen molar-refractivity contribution in [3.8, 4) is 11.5 Å². The second kappa shape index (κ2) is 17.0. The molecule has 11 nitrogen and oxygen atoms in total. The van der Waals surface area contributed by atoms with Crippen LogP contribution in [0.3, 0.4) is 0 Å².